The van der Waals surface area contributed by atoms with Crippen molar-refractivity contribution in [2.45, 2.75) is 31.6 Å². The van der Waals surface area contributed by atoms with Crippen molar-refractivity contribution in [1.29, 1.82) is 0 Å². The maximum Gasteiger partial charge on any atom is 0.315 e. The number of nitrogens with one attached hydrogen (secondary N) is 1. The summed E-state index contributed by atoms with van der Waals surface area (Å²) in [6.07, 6.45) is 3.96. The van der Waals surface area contributed by atoms with Crippen LogP contribution in [0.1, 0.15) is 37.5 Å². The zero-order chi connectivity index (χ0) is 9.97. The Bertz CT molecular complexity index is 296. The van der Waals surface area contributed by atoms with Crippen LogP contribution in [0.25, 0.3) is 0 Å². The summed E-state index contributed by atoms with van der Waals surface area (Å²) in [7, 11) is 0. The third kappa shape index (κ3) is 2.18. The fourth-order valence-corrected chi connectivity index (χ4v) is 1.48. The van der Waals surface area contributed by atoms with Crippen LogP contribution in [-0.2, 0) is 0 Å². The molecule has 0 aromatic carbocycles. The SMILES string of the molecule is CC(Cl)c1nnc(NCC2CCC2)o1. The number of rotatable bonds is 4. The maximum atomic E-state index is 5.79. The molecular weight excluding hydrogens is 202 g/mol. The monoisotopic (exact) mass is 215 g/mol. The highest BCUT2D eigenvalue weighted by molar-refractivity contribution is 6.20. The van der Waals surface area contributed by atoms with E-state index in [0.717, 1.165) is 12.5 Å². The van der Waals surface area contributed by atoms with E-state index < -0.39 is 0 Å². The van der Waals surface area contributed by atoms with E-state index in [4.69, 9.17) is 16.0 Å². The zero-order valence-electron chi connectivity index (χ0n) is 8.16. The summed E-state index contributed by atoms with van der Waals surface area (Å²) in [6.45, 7) is 2.74. The van der Waals surface area contributed by atoms with Gasteiger partial charge in [-0.15, -0.1) is 16.7 Å². The lowest BCUT2D eigenvalue weighted by molar-refractivity contribution is 0.330. The van der Waals surface area contributed by atoms with Crippen molar-refractivity contribution < 1.29 is 4.42 Å². The van der Waals surface area contributed by atoms with Crippen LogP contribution in [0.15, 0.2) is 4.42 Å². The summed E-state index contributed by atoms with van der Waals surface area (Å²) in [6, 6.07) is 0.486. The molecule has 14 heavy (non-hydrogen) atoms. The average Bonchev–Trinajstić information content (AvgIpc) is 2.50. The molecule has 1 unspecified atom stereocenters. The van der Waals surface area contributed by atoms with Crippen molar-refractivity contribution in [2.75, 3.05) is 11.9 Å². The summed E-state index contributed by atoms with van der Waals surface area (Å²) in [5, 5.41) is 10.6. The van der Waals surface area contributed by atoms with E-state index in [1.807, 2.05) is 6.92 Å². The molecular formula is C9H14ClN3O. The van der Waals surface area contributed by atoms with E-state index in [2.05, 4.69) is 15.5 Å². The smallest absolute Gasteiger partial charge is 0.315 e. The first-order valence-electron chi connectivity index (χ1n) is 4.97. The minimum Gasteiger partial charge on any atom is -0.407 e. The Labute approximate surface area is 88.0 Å². The van der Waals surface area contributed by atoms with Crippen LogP contribution in [0.4, 0.5) is 6.01 Å². The maximum absolute atomic E-state index is 5.79. The second kappa shape index (κ2) is 4.17. The molecule has 1 aromatic heterocycles. The van der Waals surface area contributed by atoms with Gasteiger partial charge in [-0.25, -0.2) is 0 Å². The van der Waals surface area contributed by atoms with Crippen LogP contribution >= 0.6 is 11.6 Å². The van der Waals surface area contributed by atoms with Gasteiger partial charge in [0.1, 0.15) is 5.38 Å². The van der Waals surface area contributed by atoms with Gasteiger partial charge in [0.15, 0.2) is 0 Å². The summed E-state index contributed by atoms with van der Waals surface area (Å²) in [5.41, 5.74) is 0. The highest BCUT2D eigenvalue weighted by Crippen LogP contribution is 2.26. The molecule has 2 rings (SSSR count). The molecule has 1 fully saturated rings. The molecule has 4 nitrogen and oxygen atoms in total. The van der Waals surface area contributed by atoms with Crippen LogP contribution in [-0.4, -0.2) is 16.7 Å². The molecule has 1 aromatic rings. The number of hydrogen-bond acceptors (Lipinski definition) is 4. The third-order valence-electron chi connectivity index (χ3n) is 2.55. The predicted molar refractivity (Wildman–Crippen MR) is 54.4 cm³/mol. The lowest BCUT2D eigenvalue weighted by Gasteiger charge is -2.24. The minimum atomic E-state index is -0.221. The van der Waals surface area contributed by atoms with Crippen LogP contribution in [0.5, 0.6) is 0 Å². The van der Waals surface area contributed by atoms with Crippen molar-refractivity contribution in [1.82, 2.24) is 10.2 Å². The van der Waals surface area contributed by atoms with Gasteiger partial charge in [-0.3, -0.25) is 0 Å². The summed E-state index contributed by atoms with van der Waals surface area (Å²) < 4.78 is 5.30. The molecule has 78 valence electrons. The van der Waals surface area contributed by atoms with Crippen molar-refractivity contribution in [2.24, 2.45) is 5.92 Å². The molecule has 5 heteroatoms. The Morgan fingerprint density at radius 3 is 2.86 bits per heavy atom. The van der Waals surface area contributed by atoms with E-state index in [0.29, 0.717) is 11.9 Å². The Kier molecular flexibility index (Phi) is 2.91. The molecule has 0 saturated heterocycles. The topological polar surface area (TPSA) is 51.0 Å². The Morgan fingerprint density at radius 1 is 1.57 bits per heavy atom. The van der Waals surface area contributed by atoms with Gasteiger partial charge in [-0.1, -0.05) is 11.5 Å². The fraction of sp³-hybridized carbons (Fsp3) is 0.778. The largest absolute Gasteiger partial charge is 0.407 e. The van der Waals surface area contributed by atoms with Crippen LogP contribution < -0.4 is 5.32 Å². The highest BCUT2D eigenvalue weighted by Gasteiger charge is 2.18. The number of nitrogens with zero attached hydrogens (tertiary/aromatic N) is 2. The van der Waals surface area contributed by atoms with Crippen LogP contribution in [0.3, 0.4) is 0 Å². The summed E-state index contributed by atoms with van der Waals surface area (Å²) >= 11 is 5.79. The third-order valence-corrected chi connectivity index (χ3v) is 2.73. The van der Waals surface area contributed by atoms with E-state index >= 15 is 0 Å². The Balaban J connectivity index is 1.83. The van der Waals surface area contributed by atoms with E-state index in [-0.39, 0.29) is 5.38 Å². The quantitative estimate of drug-likeness (QED) is 0.785. The van der Waals surface area contributed by atoms with Crippen molar-refractivity contribution in [3.8, 4) is 0 Å². The van der Waals surface area contributed by atoms with Gasteiger partial charge in [0.2, 0.25) is 5.89 Å². The van der Waals surface area contributed by atoms with E-state index in [9.17, 15) is 0 Å². The van der Waals surface area contributed by atoms with Crippen molar-refractivity contribution >= 4 is 17.6 Å². The summed E-state index contributed by atoms with van der Waals surface area (Å²) in [4.78, 5) is 0. The molecule has 0 amide bonds. The second-order valence-corrected chi connectivity index (χ2v) is 4.39. The van der Waals surface area contributed by atoms with Crippen LogP contribution in [0.2, 0.25) is 0 Å². The molecule has 1 saturated carbocycles. The van der Waals surface area contributed by atoms with Gasteiger partial charge in [0.05, 0.1) is 0 Å². The fourth-order valence-electron chi connectivity index (χ4n) is 1.40. The Hall–Kier alpha value is -0.770. The molecule has 1 aliphatic carbocycles. The van der Waals surface area contributed by atoms with E-state index in [1.54, 1.807) is 0 Å². The van der Waals surface area contributed by atoms with Crippen LogP contribution in [0, 0.1) is 5.92 Å². The molecule has 0 aliphatic heterocycles. The molecule has 0 radical (unpaired) electrons. The second-order valence-electron chi connectivity index (χ2n) is 3.74. The number of alkyl halides is 1. The standard InChI is InChI=1S/C9H14ClN3O/c1-6(10)8-12-13-9(14-8)11-5-7-3-2-4-7/h6-7H,2-5H2,1H3,(H,11,13). The normalized spacial score (nSPS) is 19.0. The number of anilines is 1. The van der Waals surface area contributed by atoms with Gasteiger partial charge in [-0.05, 0) is 25.7 Å². The van der Waals surface area contributed by atoms with Gasteiger partial charge in [0.25, 0.3) is 0 Å². The van der Waals surface area contributed by atoms with Gasteiger partial charge in [-0.2, -0.15) is 0 Å². The number of hydrogen-bond donors (Lipinski definition) is 1. The first kappa shape index (κ1) is 9.77. The molecule has 1 heterocycles. The lowest BCUT2D eigenvalue weighted by atomic mass is 9.85. The van der Waals surface area contributed by atoms with Gasteiger partial charge >= 0.3 is 6.01 Å². The van der Waals surface area contributed by atoms with Crippen molar-refractivity contribution in [3.63, 3.8) is 0 Å². The summed E-state index contributed by atoms with van der Waals surface area (Å²) in [5.74, 6) is 1.25. The van der Waals surface area contributed by atoms with E-state index in [1.165, 1.54) is 19.3 Å². The minimum absolute atomic E-state index is 0.221. The molecule has 1 aliphatic rings. The molecule has 1 atom stereocenters. The first-order valence-corrected chi connectivity index (χ1v) is 5.40. The van der Waals surface area contributed by atoms with Gasteiger partial charge in [0, 0.05) is 6.54 Å². The lowest BCUT2D eigenvalue weighted by Crippen LogP contribution is -2.20. The first-order chi connectivity index (χ1) is 6.75. The molecule has 0 bridgehead atoms. The molecule has 1 N–H and O–H groups in total. The molecule has 0 spiro atoms. The number of halogens is 1. The zero-order valence-corrected chi connectivity index (χ0v) is 8.92. The average molecular weight is 216 g/mol. The van der Waals surface area contributed by atoms with Gasteiger partial charge < -0.3 is 9.73 Å². The highest BCUT2D eigenvalue weighted by atomic mass is 35.5. The Morgan fingerprint density at radius 2 is 2.36 bits per heavy atom. The number of aromatic nitrogens is 2. The van der Waals surface area contributed by atoms with Crippen molar-refractivity contribution in [3.05, 3.63) is 5.89 Å². The predicted octanol–water partition coefficient (Wildman–Crippen LogP) is 2.58.